The molecule has 0 radical (unpaired) electrons. The number of carbonyl (C=O) groups excluding carboxylic acids is 2. The molecule has 2 atom stereocenters. The maximum absolute atomic E-state index is 14.3. The van der Waals surface area contributed by atoms with E-state index in [-0.39, 0.29) is 24.5 Å². The highest BCUT2D eigenvalue weighted by Crippen LogP contribution is 2.36. The Hall–Kier alpha value is -4.29. The van der Waals surface area contributed by atoms with E-state index in [0.29, 0.717) is 47.6 Å². The Morgan fingerprint density at radius 1 is 1.02 bits per heavy atom. The summed E-state index contributed by atoms with van der Waals surface area (Å²) in [4.78, 5) is 31.8. The van der Waals surface area contributed by atoms with Crippen molar-refractivity contribution in [2.75, 3.05) is 32.3 Å². The Balaban J connectivity index is 1.29. The molecule has 2 fully saturated rings. The zero-order valence-corrected chi connectivity index (χ0v) is 27.1. The molecular formula is C34H40N6O5S. The van der Waals surface area contributed by atoms with Crippen molar-refractivity contribution in [3.05, 3.63) is 70.4 Å². The molecule has 1 aliphatic carbocycles. The number of amides is 2. The molecule has 2 aromatic heterocycles. The van der Waals surface area contributed by atoms with Gasteiger partial charge in [-0.25, -0.2) is 0 Å². The molecule has 1 saturated heterocycles. The molecule has 2 aliphatic rings. The van der Waals surface area contributed by atoms with Gasteiger partial charge in [-0.05, 0) is 84.2 Å². The molecule has 2 aromatic carbocycles. The van der Waals surface area contributed by atoms with Gasteiger partial charge in [-0.2, -0.15) is 4.80 Å². The first kappa shape index (κ1) is 31.7. The average Bonchev–Trinajstić information content (AvgIpc) is 3.91. The van der Waals surface area contributed by atoms with Gasteiger partial charge in [0, 0.05) is 29.3 Å². The zero-order valence-electron chi connectivity index (χ0n) is 26.3. The van der Waals surface area contributed by atoms with E-state index >= 15 is 0 Å². The number of rotatable bonds is 12. The smallest absolute Gasteiger partial charge is 0.251 e. The lowest BCUT2D eigenvalue weighted by Crippen LogP contribution is -2.46. The topological polar surface area (TPSA) is 121 Å². The van der Waals surface area contributed by atoms with Crippen LogP contribution < -0.4 is 19.7 Å². The van der Waals surface area contributed by atoms with Crippen molar-refractivity contribution in [3.63, 3.8) is 0 Å². The fourth-order valence-corrected chi connectivity index (χ4v) is 7.13. The number of nitrogens with one attached hydrogen (secondary N) is 1. The van der Waals surface area contributed by atoms with E-state index in [1.54, 1.807) is 37.3 Å². The number of anilines is 1. The average molecular weight is 645 g/mol. The maximum atomic E-state index is 14.3. The fourth-order valence-electron chi connectivity index (χ4n) is 6.32. The van der Waals surface area contributed by atoms with Gasteiger partial charge in [-0.15, -0.1) is 21.5 Å². The van der Waals surface area contributed by atoms with Crippen molar-refractivity contribution >= 4 is 28.8 Å². The number of aromatic nitrogens is 4. The van der Waals surface area contributed by atoms with Gasteiger partial charge < -0.3 is 19.5 Å². The lowest BCUT2D eigenvalue weighted by atomic mass is 9.84. The number of hydrogen-bond donors (Lipinski definition) is 1. The summed E-state index contributed by atoms with van der Waals surface area (Å²) in [5.41, 5.74) is 2.57. The molecule has 4 aromatic rings. The molecular weight excluding hydrogens is 604 g/mol. The summed E-state index contributed by atoms with van der Waals surface area (Å²) >= 11 is 1.44. The predicted molar refractivity (Wildman–Crippen MR) is 175 cm³/mol. The molecule has 0 unspecified atom stereocenters. The number of nitrogens with zero attached hydrogens (tertiary/aromatic N) is 5. The Bertz CT molecular complexity index is 1600. The van der Waals surface area contributed by atoms with Gasteiger partial charge in [0.15, 0.2) is 11.5 Å². The quantitative estimate of drug-likeness (QED) is 0.214. The number of hydrogen-bond acceptors (Lipinski definition) is 9. The number of ether oxygens (including phenoxy) is 3. The van der Waals surface area contributed by atoms with Crippen molar-refractivity contribution in [1.29, 1.82) is 0 Å². The molecule has 11 nitrogen and oxygen atoms in total. The predicted octanol–water partition coefficient (Wildman–Crippen LogP) is 5.54. The molecule has 1 N–H and O–H groups in total. The first-order chi connectivity index (χ1) is 22.5. The number of carbonyl (C=O) groups is 2. The lowest BCUT2D eigenvalue weighted by Gasteiger charge is -2.31. The molecule has 1 saturated carbocycles. The number of thiophene rings is 1. The van der Waals surface area contributed by atoms with E-state index in [1.165, 1.54) is 53.8 Å². The van der Waals surface area contributed by atoms with Crippen LogP contribution in [0.3, 0.4) is 0 Å². The zero-order chi connectivity index (χ0) is 31.9. The van der Waals surface area contributed by atoms with Crippen LogP contribution >= 0.6 is 11.3 Å². The van der Waals surface area contributed by atoms with Crippen molar-refractivity contribution < 1.29 is 23.8 Å². The summed E-state index contributed by atoms with van der Waals surface area (Å²) in [6, 6.07) is 16.3. The van der Waals surface area contributed by atoms with E-state index in [2.05, 4.69) is 32.9 Å². The number of tetrazole rings is 1. The van der Waals surface area contributed by atoms with Crippen LogP contribution in [0.1, 0.15) is 67.3 Å². The lowest BCUT2D eigenvalue weighted by molar-refractivity contribution is -0.127. The molecule has 6 rings (SSSR count). The van der Waals surface area contributed by atoms with Crippen molar-refractivity contribution in [1.82, 2.24) is 25.5 Å². The van der Waals surface area contributed by atoms with Crippen LogP contribution in [0.25, 0.3) is 11.4 Å². The van der Waals surface area contributed by atoms with Crippen LogP contribution in [-0.4, -0.2) is 65.5 Å². The van der Waals surface area contributed by atoms with Gasteiger partial charge in [-0.1, -0.05) is 37.5 Å². The highest BCUT2D eigenvalue weighted by atomic mass is 32.1. The van der Waals surface area contributed by atoms with E-state index in [9.17, 15) is 9.59 Å². The first-order valence-electron chi connectivity index (χ1n) is 15.9. The van der Waals surface area contributed by atoms with Gasteiger partial charge in [0.25, 0.3) is 5.91 Å². The summed E-state index contributed by atoms with van der Waals surface area (Å²) in [6.07, 6.45) is 7.94. The van der Waals surface area contributed by atoms with Crippen molar-refractivity contribution in [3.8, 4) is 22.9 Å². The molecule has 46 heavy (non-hydrogen) atoms. The third kappa shape index (κ3) is 7.23. The number of methoxy groups -OCH3 is 2. The normalized spacial score (nSPS) is 17.4. The highest BCUT2D eigenvalue weighted by molar-refractivity contribution is 7.10. The summed E-state index contributed by atoms with van der Waals surface area (Å²) < 4.78 is 16.5. The van der Waals surface area contributed by atoms with Gasteiger partial charge in [0.05, 0.1) is 20.3 Å². The van der Waals surface area contributed by atoms with Gasteiger partial charge >= 0.3 is 0 Å². The summed E-state index contributed by atoms with van der Waals surface area (Å²) in [5.74, 6) is 1.36. The summed E-state index contributed by atoms with van der Waals surface area (Å²) in [7, 11) is 3.13. The van der Waals surface area contributed by atoms with Crippen LogP contribution in [0, 0.1) is 0 Å². The minimum Gasteiger partial charge on any atom is -0.493 e. The largest absolute Gasteiger partial charge is 0.493 e. The minimum absolute atomic E-state index is 0.0267. The SMILES string of the molecule is COc1ccc(-c2nnn(CC(=O)N(c3ccc(C4CCCCC4)cc3)[C@@H](C(=O)NC[C@H]3CCCO3)c3cccs3)n2)cc1OC. The fraction of sp³-hybridized carbons (Fsp3) is 0.441. The molecule has 242 valence electrons. The Morgan fingerprint density at radius 3 is 2.52 bits per heavy atom. The van der Waals surface area contributed by atoms with Crippen molar-refractivity contribution in [2.24, 2.45) is 0 Å². The van der Waals surface area contributed by atoms with E-state index < -0.39 is 6.04 Å². The molecule has 0 spiro atoms. The molecule has 1 aliphatic heterocycles. The second kappa shape index (κ2) is 14.9. The van der Waals surface area contributed by atoms with Crippen LogP contribution in [0.2, 0.25) is 0 Å². The van der Waals surface area contributed by atoms with Crippen LogP contribution in [0.5, 0.6) is 11.5 Å². The van der Waals surface area contributed by atoms with Crippen LogP contribution in [0.4, 0.5) is 5.69 Å². The maximum Gasteiger partial charge on any atom is 0.251 e. The summed E-state index contributed by atoms with van der Waals surface area (Å²) in [6.45, 7) is 0.872. The number of benzene rings is 2. The van der Waals surface area contributed by atoms with E-state index in [0.717, 1.165) is 17.7 Å². The Morgan fingerprint density at radius 2 is 1.83 bits per heavy atom. The second-order valence-electron chi connectivity index (χ2n) is 11.7. The van der Waals surface area contributed by atoms with Crippen LogP contribution in [-0.2, 0) is 20.9 Å². The van der Waals surface area contributed by atoms with Crippen molar-refractivity contribution in [2.45, 2.75) is 69.6 Å². The van der Waals surface area contributed by atoms with Gasteiger partial charge in [0.1, 0.15) is 12.6 Å². The third-order valence-corrected chi connectivity index (χ3v) is 9.66. The second-order valence-corrected chi connectivity index (χ2v) is 12.7. The highest BCUT2D eigenvalue weighted by Gasteiger charge is 2.35. The molecule has 12 heteroatoms. The standard InChI is InChI=1S/C34H40N6O5S/c1-43-28-17-14-25(20-29(28)44-2)33-36-38-39(37-33)22-31(41)40(26-15-12-24(13-16-26)23-8-4-3-5-9-23)32(30-11-7-19-46-30)34(42)35-21-27-10-6-18-45-27/h7,11-17,19-20,23,27,32H,3-6,8-10,18,21-22H2,1-2H3,(H,35,42)/t27-,32-/m1/s1. The Labute approximate surface area is 272 Å². The first-order valence-corrected chi connectivity index (χ1v) is 16.8. The molecule has 3 heterocycles. The van der Waals surface area contributed by atoms with E-state index in [1.807, 2.05) is 29.6 Å². The molecule has 2 amide bonds. The van der Waals surface area contributed by atoms with Gasteiger partial charge in [-0.3, -0.25) is 14.5 Å². The van der Waals surface area contributed by atoms with E-state index in [4.69, 9.17) is 14.2 Å². The summed E-state index contributed by atoms with van der Waals surface area (Å²) in [5, 5.41) is 17.8. The van der Waals surface area contributed by atoms with Gasteiger partial charge in [0.2, 0.25) is 11.7 Å². The molecule has 0 bridgehead atoms. The monoisotopic (exact) mass is 644 g/mol. The minimum atomic E-state index is -0.886. The third-order valence-electron chi connectivity index (χ3n) is 8.73. The van der Waals surface area contributed by atoms with Crippen LogP contribution in [0.15, 0.2) is 60.0 Å². The Kier molecular flexibility index (Phi) is 10.2.